The van der Waals surface area contributed by atoms with Crippen molar-refractivity contribution in [1.82, 2.24) is 15.1 Å². The Balaban J connectivity index is 1.58. The van der Waals surface area contributed by atoms with Crippen LogP contribution in [0.4, 0.5) is 8.78 Å². The molecule has 0 unspecified atom stereocenters. The number of carbonyl (C=O) groups excluding carboxylic acids is 2. The maximum Gasteiger partial charge on any atom is 0.274 e. The highest BCUT2D eigenvalue weighted by Gasteiger charge is 2.37. The molecule has 2 aliphatic heterocycles. The number of piperazine rings is 1. The molecular formula is C26H25F2N3O3. The Morgan fingerprint density at radius 1 is 1.15 bits per heavy atom. The Morgan fingerprint density at radius 2 is 1.91 bits per heavy atom. The van der Waals surface area contributed by atoms with Crippen molar-refractivity contribution in [3.8, 4) is 0 Å². The summed E-state index contributed by atoms with van der Waals surface area (Å²) in [5.74, 6) is -1.88. The van der Waals surface area contributed by atoms with Gasteiger partial charge in [-0.25, -0.2) is 8.78 Å². The summed E-state index contributed by atoms with van der Waals surface area (Å²) in [6.45, 7) is 7.55. The summed E-state index contributed by atoms with van der Waals surface area (Å²) < 4.78 is 33.2. The minimum Gasteiger partial charge on any atom is -0.486 e. The van der Waals surface area contributed by atoms with E-state index in [-0.39, 0.29) is 41.5 Å². The third kappa shape index (κ3) is 4.71. The second kappa shape index (κ2) is 9.91. The quantitative estimate of drug-likeness (QED) is 0.679. The van der Waals surface area contributed by atoms with Crippen LogP contribution in [0.25, 0.3) is 0 Å². The molecule has 2 heterocycles. The molecule has 0 atom stereocenters. The van der Waals surface area contributed by atoms with Crippen LogP contribution in [0.5, 0.6) is 0 Å². The number of benzene rings is 2. The third-order valence-electron chi connectivity index (χ3n) is 5.79. The largest absolute Gasteiger partial charge is 0.486 e. The van der Waals surface area contributed by atoms with E-state index in [0.29, 0.717) is 25.3 Å². The summed E-state index contributed by atoms with van der Waals surface area (Å²) in [7, 11) is 0. The number of hydrogen-bond acceptors (Lipinski definition) is 4. The van der Waals surface area contributed by atoms with Crippen LogP contribution in [-0.4, -0.2) is 41.2 Å². The molecule has 0 spiro atoms. The molecule has 2 aliphatic rings. The van der Waals surface area contributed by atoms with Crippen LogP contribution >= 0.6 is 0 Å². The van der Waals surface area contributed by atoms with Gasteiger partial charge in [-0.2, -0.15) is 0 Å². The van der Waals surface area contributed by atoms with Gasteiger partial charge in [0.2, 0.25) is 0 Å². The van der Waals surface area contributed by atoms with E-state index >= 15 is 0 Å². The average Bonchev–Trinajstić information content (AvgIpc) is 2.83. The van der Waals surface area contributed by atoms with Gasteiger partial charge in [0.25, 0.3) is 11.8 Å². The molecule has 176 valence electrons. The van der Waals surface area contributed by atoms with Gasteiger partial charge in [0, 0.05) is 49.6 Å². The first-order chi connectivity index (χ1) is 16.4. The molecular weight excluding hydrogens is 440 g/mol. The molecule has 0 saturated carbocycles. The van der Waals surface area contributed by atoms with Gasteiger partial charge in [-0.1, -0.05) is 43.0 Å². The molecule has 2 aromatic rings. The van der Waals surface area contributed by atoms with Crippen molar-refractivity contribution >= 4 is 11.8 Å². The molecule has 0 radical (unpaired) electrons. The highest BCUT2D eigenvalue weighted by atomic mass is 19.1. The van der Waals surface area contributed by atoms with Crippen LogP contribution in [-0.2, 0) is 27.5 Å². The van der Waals surface area contributed by atoms with E-state index in [1.54, 1.807) is 16.0 Å². The second-order valence-corrected chi connectivity index (χ2v) is 7.97. The average molecular weight is 466 g/mol. The van der Waals surface area contributed by atoms with Gasteiger partial charge < -0.3 is 19.9 Å². The van der Waals surface area contributed by atoms with Gasteiger partial charge >= 0.3 is 0 Å². The van der Waals surface area contributed by atoms with Gasteiger partial charge in [0.1, 0.15) is 18.2 Å². The van der Waals surface area contributed by atoms with E-state index in [4.69, 9.17) is 4.74 Å². The number of halogens is 2. The summed E-state index contributed by atoms with van der Waals surface area (Å²) in [4.78, 5) is 29.5. The number of rotatable bonds is 7. The molecule has 0 aromatic heterocycles. The van der Waals surface area contributed by atoms with Crippen molar-refractivity contribution < 1.29 is 23.1 Å². The molecule has 2 amide bonds. The minimum atomic E-state index is -0.743. The Morgan fingerprint density at radius 3 is 2.62 bits per heavy atom. The Bertz CT molecular complexity index is 1190. The molecule has 1 fully saturated rings. The number of nitrogens with one attached hydrogen (secondary N) is 1. The van der Waals surface area contributed by atoms with E-state index in [2.05, 4.69) is 11.9 Å². The minimum absolute atomic E-state index is 0.130. The van der Waals surface area contributed by atoms with Gasteiger partial charge in [-0.15, -0.1) is 0 Å². The summed E-state index contributed by atoms with van der Waals surface area (Å²) in [6, 6.07) is 12.6. The first kappa shape index (κ1) is 23.2. The number of nitrogens with zero attached hydrogens (tertiary/aromatic N) is 2. The molecule has 34 heavy (non-hydrogen) atoms. The number of ether oxygens (including phenoxy) is 1. The number of allylic oxidation sites excluding steroid dienone is 1. The predicted octanol–water partition coefficient (Wildman–Crippen LogP) is 3.63. The van der Waals surface area contributed by atoms with Crippen molar-refractivity contribution in [3.05, 3.63) is 107 Å². The number of hydrogen-bond donors (Lipinski definition) is 1. The maximum atomic E-state index is 14.0. The van der Waals surface area contributed by atoms with Crippen LogP contribution in [0.2, 0.25) is 0 Å². The van der Waals surface area contributed by atoms with Crippen molar-refractivity contribution in [1.29, 1.82) is 0 Å². The van der Waals surface area contributed by atoms with Crippen LogP contribution in [0, 0.1) is 11.6 Å². The topological polar surface area (TPSA) is 61.9 Å². The molecule has 0 bridgehead atoms. The first-order valence-electron chi connectivity index (χ1n) is 11.0. The van der Waals surface area contributed by atoms with Gasteiger partial charge in [-0.05, 0) is 18.6 Å². The molecule has 0 aliphatic carbocycles. The second-order valence-electron chi connectivity index (χ2n) is 7.97. The highest BCUT2D eigenvalue weighted by Crippen LogP contribution is 2.34. The normalized spacial score (nSPS) is 15.8. The van der Waals surface area contributed by atoms with E-state index in [1.807, 2.05) is 37.3 Å². The highest BCUT2D eigenvalue weighted by molar-refractivity contribution is 6.02. The van der Waals surface area contributed by atoms with E-state index < -0.39 is 17.5 Å². The van der Waals surface area contributed by atoms with Gasteiger partial charge in [-0.3, -0.25) is 9.59 Å². The van der Waals surface area contributed by atoms with Crippen molar-refractivity contribution in [2.24, 2.45) is 0 Å². The Hall–Kier alpha value is -3.94. The maximum absolute atomic E-state index is 14.0. The monoisotopic (exact) mass is 465 g/mol. The standard InChI is InChI=1S/C26H25F2N3O3/c1-3-30-11-12-31-15-21(25(32)29-14-19-9-10-20(27)13-22(19)28)17(2)24(23(31)26(30)33)34-16-18-7-5-4-6-8-18/h4-10,13,15H,2-3,11-12,14,16H2,1H3,(H,29,32). The number of amides is 2. The molecule has 1 N–H and O–H groups in total. The van der Waals surface area contributed by atoms with Crippen molar-refractivity contribution in [3.63, 3.8) is 0 Å². The fourth-order valence-electron chi connectivity index (χ4n) is 3.89. The summed E-state index contributed by atoms with van der Waals surface area (Å²) in [5.41, 5.74) is 1.88. The smallest absolute Gasteiger partial charge is 0.274 e. The van der Waals surface area contributed by atoms with Crippen LogP contribution < -0.4 is 5.32 Å². The summed E-state index contributed by atoms with van der Waals surface area (Å²) in [5, 5.41) is 2.65. The van der Waals surface area contributed by atoms with Gasteiger partial charge in [0.15, 0.2) is 11.5 Å². The number of likely N-dealkylation sites (N-methyl/N-ethyl adjacent to an activating group) is 1. The lowest BCUT2D eigenvalue weighted by atomic mass is 9.98. The van der Waals surface area contributed by atoms with E-state index in [9.17, 15) is 18.4 Å². The number of carbonyl (C=O) groups is 2. The summed E-state index contributed by atoms with van der Waals surface area (Å²) in [6.07, 6.45) is 1.58. The molecule has 8 heteroatoms. The molecule has 1 saturated heterocycles. The van der Waals surface area contributed by atoms with Crippen LogP contribution in [0.15, 0.2) is 83.9 Å². The number of fused-ring (bicyclic) bond motifs is 1. The molecule has 4 rings (SSSR count). The molecule has 6 nitrogen and oxygen atoms in total. The lowest BCUT2D eigenvalue weighted by molar-refractivity contribution is -0.131. The molecule has 2 aromatic carbocycles. The van der Waals surface area contributed by atoms with Crippen molar-refractivity contribution in [2.75, 3.05) is 19.6 Å². The Kier molecular flexibility index (Phi) is 6.77. The van der Waals surface area contributed by atoms with Crippen LogP contribution in [0.3, 0.4) is 0 Å². The zero-order valence-electron chi connectivity index (χ0n) is 18.8. The van der Waals surface area contributed by atoms with Crippen molar-refractivity contribution in [2.45, 2.75) is 20.1 Å². The SMILES string of the molecule is C=C1C(C(=O)NCc2ccc(F)cc2F)=CN2CCN(CC)C(=O)C2=C1OCc1ccccc1. The Labute approximate surface area is 196 Å². The zero-order chi connectivity index (χ0) is 24.2. The van der Waals surface area contributed by atoms with E-state index in [0.717, 1.165) is 17.7 Å². The fraction of sp³-hybridized carbons (Fsp3) is 0.231. The first-order valence-corrected chi connectivity index (χ1v) is 11.0. The summed E-state index contributed by atoms with van der Waals surface area (Å²) >= 11 is 0. The lowest BCUT2D eigenvalue weighted by Crippen LogP contribution is -2.49. The lowest BCUT2D eigenvalue weighted by Gasteiger charge is -2.39. The predicted molar refractivity (Wildman–Crippen MR) is 123 cm³/mol. The fourth-order valence-corrected chi connectivity index (χ4v) is 3.89. The van der Waals surface area contributed by atoms with Gasteiger partial charge in [0.05, 0.1) is 5.57 Å². The van der Waals surface area contributed by atoms with Crippen LogP contribution in [0.1, 0.15) is 18.1 Å². The third-order valence-corrected chi connectivity index (χ3v) is 5.79. The zero-order valence-corrected chi connectivity index (χ0v) is 18.8. The van der Waals surface area contributed by atoms with E-state index in [1.165, 1.54) is 6.07 Å².